The largest absolute Gasteiger partial charge is 0.508 e. The highest BCUT2D eigenvalue weighted by molar-refractivity contribution is 5.86. The Morgan fingerprint density at radius 3 is 2.17 bits per heavy atom. The molecule has 0 aromatic heterocycles. The molecule has 2 N–H and O–H groups in total. The zero-order valence-electron chi connectivity index (χ0n) is 15.7. The van der Waals surface area contributed by atoms with Crippen LogP contribution in [0.2, 0.25) is 0 Å². The van der Waals surface area contributed by atoms with E-state index >= 15 is 0 Å². The Hall–Kier alpha value is -1.51. The number of hydrogen-bond acceptors (Lipinski definition) is 2. The molecule has 1 aliphatic rings. The molecule has 0 amide bonds. The number of carbonyl (C=O) groups is 1. The Morgan fingerprint density at radius 1 is 1.22 bits per heavy atom. The summed E-state index contributed by atoms with van der Waals surface area (Å²) in [5.74, 6) is -0.428. The second-order valence-electron chi connectivity index (χ2n) is 8.52. The molecule has 0 saturated heterocycles. The molecular formula is C20H32O3. The highest BCUT2D eigenvalue weighted by atomic mass is 16.4. The summed E-state index contributed by atoms with van der Waals surface area (Å²) in [6, 6.07) is 0. The number of carboxylic acid groups (broad SMARTS) is 1. The van der Waals surface area contributed by atoms with Gasteiger partial charge in [-0.05, 0) is 34.8 Å². The lowest BCUT2D eigenvalue weighted by Gasteiger charge is -2.35. The monoisotopic (exact) mass is 320 g/mol. The average molecular weight is 320 g/mol. The second-order valence-corrected chi connectivity index (χ2v) is 8.52. The topological polar surface area (TPSA) is 57.5 Å². The van der Waals surface area contributed by atoms with E-state index in [1.165, 1.54) is 0 Å². The van der Waals surface area contributed by atoms with Crippen molar-refractivity contribution in [1.82, 2.24) is 0 Å². The molecule has 1 unspecified atom stereocenters. The van der Waals surface area contributed by atoms with Crippen molar-refractivity contribution in [3.8, 4) is 0 Å². The van der Waals surface area contributed by atoms with Gasteiger partial charge in [0.25, 0.3) is 0 Å². The molecule has 23 heavy (non-hydrogen) atoms. The molecule has 1 atom stereocenters. The van der Waals surface area contributed by atoms with E-state index < -0.39 is 5.97 Å². The van der Waals surface area contributed by atoms with Crippen LogP contribution in [0.5, 0.6) is 0 Å². The van der Waals surface area contributed by atoms with Crippen LogP contribution in [-0.2, 0) is 4.79 Å². The minimum Gasteiger partial charge on any atom is -0.508 e. The van der Waals surface area contributed by atoms with Gasteiger partial charge in [0, 0.05) is 11.5 Å². The van der Waals surface area contributed by atoms with E-state index in [9.17, 15) is 15.0 Å². The van der Waals surface area contributed by atoms with Gasteiger partial charge in [0.15, 0.2) is 0 Å². The summed E-state index contributed by atoms with van der Waals surface area (Å²) in [6.45, 7) is 14.5. The molecule has 0 radical (unpaired) electrons. The van der Waals surface area contributed by atoms with Gasteiger partial charge in [-0.3, -0.25) is 0 Å². The number of aliphatic hydroxyl groups is 1. The number of aliphatic carboxylic acids is 1. The Kier molecular flexibility index (Phi) is 5.89. The van der Waals surface area contributed by atoms with Gasteiger partial charge in [-0.2, -0.15) is 0 Å². The zero-order valence-corrected chi connectivity index (χ0v) is 15.7. The predicted molar refractivity (Wildman–Crippen MR) is 95.4 cm³/mol. The average Bonchev–Trinajstić information content (AvgIpc) is 2.37. The summed E-state index contributed by atoms with van der Waals surface area (Å²) in [5.41, 5.74) is 2.07. The van der Waals surface area contributed by atoms with Crippen LogP contribution in [-0.4, -0.2) is 16.2 Å². The minimum absolute atomic E-state index is 0.0204. The Morgan fingerprint density at radius 2 is 1.78 bits per heavy atom. The first kappa shape index (κ1) is 19.5. The van der Waals surface area contributed by atoms with Gasteiger partial charge in [-0.25, -0.2) is 4.79 Å². The van der Waals surface area contributed by atoms with Crippen molar-refractivity contribution in [3.05, 3.63) is 34.6 Å². The van der Waals surface area contributed by atoms with E-state index in [-0.39, 0.29) is 16.7 Å². The van der Waals surface area contributed by atoms with Crippen LogP contribution in [0.25, 0.3) is 0 Å². The molecule has 0 fully saturated rings. The lowest BCUT2D eigenvalue weighted by Crippen LogP contribution is -2.24. The summed E-state index contributed by atoms with van der Waals surface area (Å²) in [4.78, 5) is 11.4. The first-order chi connectivity index (χ1) is 10.4. The van der Waals surface area contributed by atoms with Crippen molar-refractivity contribution in [2.24, 2.45) is 16.7 Å². The van der Waals surface area contributed by atoms with E-state index in [0.29, 0.717) is 24.2 Å². The fourth-order valence-electron chi connectivity index (χ4n) is 3.01. The molecule has 1 aliphatic carbocycles. The van der Waals surface area contributed by atoms with Crippen LogP contribution in [0.3, 0.4) is 0 Å². The number of rotatable bonds is 4. The van der Waals surface area contributed by atoms with Crippen molar-refractivity contribution >= 4 is 5.97 Å². The van der Waals surface area contributed by atoms with Crippen LogP contribution in [0.15, 0.2) is 34.6 Å². The third kappa shape index (κ3) is 4.98. The minimum atomic E-state index is -0.839. The number of carboxylic acids is 1. The van der Waals surface area contributed by atoms with E-state index in [4.69, 9.17) is 0 Å². The maximum absolute atomic E-state index is 11.4. The third-order valence-corrected chi connectivity index (χ3v) is 4.28. The van der Waals surface area contributed by atoms with Gasteiger partial charge in [-0.15, -0.1) is 0 Å². The summed E-state index contributed by atoms with van der Waals surface area (Å²) in [5, 5.41) is 20.1. The van der Waals surface area contributed by atoms with E-state index in [2.05, 4.69) is 41.5 Å². The molecule has 1 rings (SSSR count). The van der Waals surface area contributed by atoms with Gasteiger partial charge in [0.2, 0.25) is 0 Å². The molecule has 3 heteroatoms. The smallest absolute Gasteiger partial charge is 0.331 e. The van der Waals surface area contributed by atoms with Crippen LogP contribution in [0.4, 0.5) is 0 Å². The molecule has 0 aromatic rings. The number of aliphatic hydroxyl groups excluding tert-OH is 1. The first-order valence-electron chi connectivity index (χ1n) is 8.47. The van der Waals surface area contributed by atoms with Gasteiger partial charge < -0.3 is 10.2 Å². The van der Waals surface area contributed by atoms with Crippen molar-refractivity contribution in [3.63, 3.8) is 0 Å². The van der Waals surface area contributed by atoms with Crippen LogP contribution in [0.1, 0.15) is 67.7 Å². The lowest BCUT2D eigenvalue weighted by molar-refractivity contribution is -0.132. The molecule has 130 valence electrons. The normalized spacial score (nSPS) is 20.6. The predicted octanol–water partition coefficient (Wildman–Crippen LogP) is 5.65. The summed E-state index contributed by atoms with van der Waals surface area (Å²) >= 11 is 0. The SMILES string of the molecule is CCCC(=CC1C=C(C(C)(C)C)C(O)=C(C(C)(C)C)C1)C(=O)O. The summed E-state index contributed by atoms with van der Waals surface area (Å²) < 4.78 is 0. The van der Waals surface area contributed by atoms with Crippen molar-refractivity contribution in [1.29, 1.82) is 0 Å². The van der Waals surface area contributed by atoms with Gasteiger partial charge in [0.1, 0.15) is 5.76 Å². The highest BCUT2D eigenvalue weighted by Gasteiger charge is 2.33. The fraction of sp³-hybridized carbons (Fsp3) is 0.650. The zero-order chi connectivity index (χ0) is 18.0. The molecule has 0 spiro atoms. The van der Waals surface area contributed by atoms with Crippen LogP contribution >= 0.6 is 0 Å². The number of hydrogen-bond donors (Lipinski definition) is 2. The van der Waals surface area contributed by atoms with Gasteiger partial charge in [-0.1, -0.05) is 67.0 Å². The first-order valence-corrected chi connectivity index (χ1v) is 8.47. The summed E-state index contributed by atoms with van der Waals surface area (Å²) in [7, 11) is 0. The molecule has 0 aliphatic heterocycles. The molecule has 0 bridgehead atoms. The van der Waals surface area contributed by atoms with Crippen molar-refractivity contribution in [2.45, 2.75) is 67.7 Å². The Labute approximate surface area is 140 Å². The third-order valence-electron chi connectivity index (χ3n) is 4.28. The number of allylic oxidation sites excluding steroid dienone is 4. The van der Waals surface area contributed by atoms with Crippen molar-refractivity contribution in [2.75, 3.05) is 0 Å². The Bertz CT molecular complexity index is 548. The summed E-state index contributed by atoms with van der Waals surface area (Å²) in [6.07, 6.45) is 5.98. The lowest BCUT2D eigenvalue weighted by atomic mass is 9.71. The maximum atomic E-state index is 11.4. The molecular weight excluding hydrogens is 288 g/mol. The van der Waals surface area contributed by atoms with Gasteiger partial charge in [0.05, 0.1) is 0 Å². The molecule has 3 nitrogen and oxygen atoms in total. The van der Waals surface area contributed by atoms with Crippen LogP contribution < -0.4 is 0 Å². The molecule has 0 aromatic carbocycles. The van der Waals surface area contributed by atoms with E-state index in [1.54, 1.807) is 0 Å². The van der Waals surface area contributed by atoms with E-state index in [1.807, 2.05) is 19.1 Å². The van der Waals surface area contributed by atoms with Gasteiger partial charge >= 0.3 is 5.97 Å². The Balaban J connectivity index is 3.36. The van der Waals surface area contributed by atoms with Crippen LogP contribution in [0, 0.1) is 16.7 Å². The molecule has 0 heterocycles. The van der Waals surface area contributed by atoms with Crippen molar-refractivity contribution < 1.29 is 15.0 Å². The molecule has 0 saturated carbocycles. The standard InChI is InChI=1S/C20H32O3/c1-8-9-14(18(22)23)10-13-11-15(19(2,3)4)17(21)16(12-13)20(5,6)7/h10-11,13,21H,8-9,12H2,1-7H3,(H,22,23). The maximum Gasteiger partial charge on any atom is 0.331 e. The quantitative estimate of drug-likeness (QED) is 0.658. The second kappa shape index (κ2) is 6.94. The highest BCUT2D eigenvalue weighted by Crippen LogP contribution is 2.44. The van der Waals surface area contributed by atoms with E-state index in [0.717, 1.165) is 17.6 Å². The fourth-order valence-corrected chi connectivity index (χ4v) is 3.01.